The summed E-state index contributed by atoms with van der Waals surface area (Å²) in [5.74, 6) is 1.42. The van der Waals surface area contributed by atoms with Crippen LogP contribution in [0.2, 0.25) is 0 Å². The number of benzene rings is 1. The molecule has 5 aromatic rings. The summed E-state index contributed by atoms with van der Waals surface area (Å²) >= 11 is 3.48. The molecule has 9 rings (SSSR count). The van der Waals surface area contributed by atoms with Crippen LogP contribution in [0.15, 0.2) is 24.5 Å². The summed E-state index contributed by atoms with van der Waals surface area (Å²) in [7, 11) is 2.65. The summed E-state index contributed by atoms with van der Waals surface area (Å²) in [4.78, 5) is 75.7. The Balaban J connectivity index is 0.937. The number of methoxy groups -OCH3 is 2. The Morgan fingerprint density at radius 1 is 0.677 bits per heavy atom. The zero-order valence-corrected chi connectivity index (χ0v) is 37.5. The fourth-order valence-corrected chi connectivity index (χ4v) is 12.7. The van der Waals surface area contributed by atoms with Crippen LogP contribution in [0.5, 0.6) is 0 Å². The number of hydrogen-bond donors (Lipinski definition) is 4. The normalized spacial score (nSPS) is 21.1. The number of thiophene rings is 2. The summed E-state index contributed by atoms with van der Waals surface area (Å²) < 4.78 is 17.8. The molecule has 4 amide bonds. The molecule has 4 N–H and O–H groups in total. The molecule has 62 heavy (non-hydrogen) atoms. The third-order valence-electron chi connectivity index (χ3n) is 13.7. The molecule has 4 atom stereocenters. The highest BCUT2D eigenvalue weighted by atomic mass is 32.1. The molecular formula is C45H56N8O7S2. The Bertz CT molecular complexity index is 2240. The smallest absolute Gasteiger partial charge is 0.407 e. The lowest BCUT2D eigenvalue weighted by Gasteiger charge is -2.34. The van der Waals surface area contributed by atoms with Gasteiger partial charge in [0.05, 0.1) is 59.8 Å². The number of H-pyrrole nitrogens is 2. The molecule has 17 heteroatoms. The van der Waals surface area contributed by atoms with Gasteiger partial charge in [-0.3, -0.25) is 9.59 Å². The van der Waals surface area contributed by atoms with E-state index in [2.05, 4.69) is 46.6 Å². The van der Waals surface area contributed by atoms with Gasteiger partial charge in [0.2, 0.25) is 11.8 Å². The van der Waals surface area contributed by atoms with Crippen molar-refractivity contribution < 1.29 is 33.4 Å². The van der Waals surface area contributed by atoms with Crippen molar-refractivity contribution in [2.45, 2.75) is 109 Å². The number of nitrogens with one attached hydrogen (secondary N) is 4. The first kappa shape index (κ1) is 42.3. The maximum Gasteiger partial charge on any atom is 0.407 e. The number of imidazole rings is 2. The van der Waals surface area contributed by atoms with Gasteiger partial charge in [-0.2, -0.15) is 0 Å². The highest BCUT2D eigenvalue weighted by molar-refractivity contribution is 7.24. The van der Waals surface area contributed by atoms with E-state index in [-0.39, 0.29) is 35.7 Å². The Kier molecular flexibility index (Phi) is 12.3. The summed E-state index contributed by atoms with van der Waals surface area (Å²) in [6.07, 6.45) is 12.4. The average Bonchev–Trinajstić information content (AvgIpc) is 4.15. The number of aryl methyl sites for hydroxylation is 2. The van der Waals surface area contributed by atoms with Gasteiger partial charge in [0.15, 0.2) is 0 Å². The van der Waals surface area contributed by atoms with Crippen LogP contribution in [0, 0.1) is 25.7 Å². The molecule has 3 saturated heterocycles. The number of nitrogens with zero attached hydrogens (tertiary/aromatic N) is 4. The van der Waals surface area contributed by atoms with Crippen LogP contribution in [0.3, 0.4) is 0 Å². The van der Waals surface area contributed by atoms with Crippen molar-refractivity contribution in [1.29, 1.82) is 0 Å². The summed E-state index contributed by atoms with van der Waals surface area (Å²) in [5, 5.41) is 8.12. The lowest BCUT2D eigenvalue weighted by molar-refractivity contribution is -0.137. The first-order valence-corrected chi connectivity index (χ1v) is 23.7. The van der Waals surface area contributed by atoms with E-state index in [9.17, 15) is 19.2 Å². The third kappa shape index (κ3) is 8.07. The van der Waals surface area contributed by atoms with Crippen LogP contribution in [0.1, 0.15) is 105 Å². The molecule has 0 radical (unpaired) electrons. The molecule has 1 saturated carbocycles. The minimum Gasteiger partial charge on any atom is -0.453 e. The zero-order chi connectivity index (χ0) is 43.1. The number of amides is 4. The van der Waals surface area contributed by atoms with Crippen molar-refractivity contribution in [3.63, 3.8) is 0 Å². The van der Waals surface area contributed by atoms with Crippen molar-refractivity contribution in [1.82, 2.24) is 40.4 Å². The minimum absolute atomic E-state index is 0.0282. The van der Waals surface area contributed by atoms with Gasteiger partial charge in [0, 0.05) is 35.7 Å². The SMILES string of the molecule is COC(=O)N[C@H](C(=O)N1CCC[C@H]1c1ncc(-c2cc3c(C)c4sc(-c5cnc([C@@H]6CCCN6C(=O)[C@@H](NC(=O)OC)C6CCOCC6)[nH]5)cc4c(C)c3s2)[nH]1)C1CCCCC1. The van der Waals surface area contributed by atoms with Gasteiger partial charge in [-0.25, -0.2) is 19.6 Å². The van der Waals surface area contributed by atoms with Gasteiger partial charge in [-0.1, -0.05) is 19.3 Å². The quantitative estimate of drug-likeness (QED) is 0.107. The van der Waals surface area contributed by atoms with Gasteiger partial charge >= 0.3 is 12.2 Å². The van der Waals surface area contributed by atoms with Crippen molar-refractivity contribution in [2.24, 2.45) is 11.8 Å². The molecule has 330 valence electrons. The molecule has 4 fully saturated rings. The van der Waals surface area contributed by atoms with Crippen LogP contribution >= 0.6 is 22.7 Å². The van der Waals surface area contributed by atoms with E-state index in [1.54, 1.807) is 22.7 Å². The molecule has 4 aromatic heterocycles. The molecule has 4 aliphatic rings. The number of hydrogen-bond acceptors (Lipinski definition) is 11. The van der Waals surface area contributed by atoms with E-state index in [1.807, 2.05) is 22.2 Å². The highest BCUT2D eigenvalue weighted by Crippen LogP contribution is 2.46. The number of alkyl carbamates (subject to hydrolysis) is 2. The van der Waals surface area contributed by atoms with Crippen LogP contribution in [-0.2, 0) is 23.8 Å². The fourth-order valence-electron chi connectivity index (χ4n) is 10.3. The number of carbonyl (C=O) groups excluding carboxylic acids is 4. The first-order valence-electron chi connectivity index (χ1n) is 22.1. The van der Waals surface area contributed by atoms with E-state index in [1.165, 1.54) is 45.5 Å². The van der Waals surface area contributed by atoms with Crippen molar-refractivity contribution in [2.75, 3.05) is 40.5 Å². The molecule has 15 nitrogen and oxygen atoms in total. The van der Waals surface area contributed by atoms with Crippen LogP contribution in [0.25, 0.3) is 41.3 Å². The van der Waals surface area contributed by atoms with E-state index < -0.39 is 24.3 Å². The molecule has 7 heterocycles. The standard InChI is InChI=1S/C45H56N8O7S2/c1-24-28-20-34(30-22-46-40(48-30)32-12-8-16-52(32)42(54)36(50-44(56)58-3)26-10-6-5-7-11-26)61-38(28)25(2)29-21-35(62-39(24)29)31-23-47-41(49-31)33-13-9-17-53(33)43(55)37(51-45(57)59-4)27-14-18-60-19-15-27/h20-23,26-27,32-33,36-37H,5-19H2,1-4H3,(H,46,48)(H,47,49)(H,50,56)(H,51,57)/t32-,33-,36-,37-/m0/s1. The Hall–Kier alpha value is -5.00. The molecule has 1 aliphatic carbocycles. The lowest BCUT2D eigenvalue weighted by Crippen LogP contribution is -2.53. The average molecular weight is 885 g/mol. The predicted molar refractivity (Wildman–Crippen MR) is 238 cm³/mol. The third-order valence-corrected chi connectivity index (χ3v) is 16.3. The topological polar surface area (TPSA) is 184 Å². The molecule has 0 unspecified atom stereocenters. The number of carbonyl (C=O) groups is 4. The molecule has 0 bridgehead atoms. The maximum absolute atomic E-state index is 14.1. The van der Waals surface area contributed by atoms with E-state index in [4.69, 9.17) is 24.2 Å². The Morgan fingerprint density at radius 3 is 1.58 bits per heavy atom. The van der Waals surface area contributed by atoms with Crippen molar-refractivity contribution in [3.05, 3.63) is 47.3 Å². The molecular weight excluding hydrogens is 829 g/mol. The van der Waals surface area contributed by atoms with Gasteiger partial charge in [0.1, 0.15) is 23.7 Å². The van der Waals surface area contributed by atoms with Gasteiger partial charge in [-0.05, 0) is 111 Å². The van der Waals surface area contributed by atoms with Gasteiger partial charge < -0.3 is 44.6 Å². The predicted octanol–water partition coefficient (Wildman–Crippen LogP) is 8.30. The summed E-state index contributed by atoms with van der Waals surface area (Å²) in [6.45, 7) is 6.71. The second-order valence-corrected chi connectivity index (χ2v) is 19.4. The van der Waals surface area contributed by atoms with Crippen molar-refractivity contribution in [3.8, 4) is 21.1 Å². The van der Waals surface area contributed by atoms with Crippen molar-refractivity contribution >= 4 is 66.8 Å². The fraction of sp³-hybridized carbons (Fsp3) is 0.556. The Morgan fingerprint density at radius 2 is 1.13 bits per heavy atom. The number of fused-ring (bicyclic) bond motifs is 2. The molecule has 0 spiro atoms. The first-order chi connectivity index (χ1) is 30.1. The number of aromatic amines is 2. The number of likely N-dealkylation sites (tertiary alicyclic amines) is 2. The zero-order valence-electron chi connectivity index (χ0n) is 35.8. The lowest BCUT2D eigenvalue weighted by atomic mass is 9.83. The van der Waals surface area contributed by atoms with Gasteiger partial charge in [0.25, 0.3) is 0 Å². The molecule has 3 aliphatic heterocycles. The number of aromatic nitrogens is 4. The largest absolute Gasteiger partial charge is 0.453 e. The van der Waals surface area contributed by atoms with Crippen LogP contribution < -0.4 is 10.6 Å². The van der Waals surface area contributed by atoms with Crippen LogP contribution in [0.4, 0.5) is 9.59 Å². The van der Waals surface area contributed by atoms with E-state index in [0.29, 0.717) is 39.1 Å². The van der Waals surface area contributed by atoms with Gasteiger partial charge in [-0.15, -0.1) is 22.7 Å². The summed E-state index contributed by atoms with van der Waals surface area (Å²) in [6, 6.07) is 2.78. The second-order valence-electron chi connectivity index (χ2n) is 17.3. The number of ether oxygens (including phenoxy) is 3. The van der Waals surface area contributed by atoms with E-state index >= 15 is 0 Å². The highest BCUT2D eigenvalue weighted by Gasteiger charge is 2.42. The minimum atomic E-state index is -0.685. The van der Waals surface area contributed by atoms with Crippen LogP contribution in [-0.4, -0.2) is 106 Å². The summed E-state index contributed by atoms with van der Waals surface area (Å²) in [5.41, 5.74) is 4.25. The van der Waals surface area contributed by atoms with E-state index in [0.717, 1.165) is 90.6 Å². The maximum atomic E-state index is 14.1. The molecule has 1 aromatic carbocycles. The monoisotopic (exact) mass is 884 g/mol. The number of rotatable bonds is 10. The second kappa shape index (κ2) is 18.0. The Labute approximate surface area is 368 Å².